The number of carbonyl (C=O) groups excluding carboxylic acids is 2. The monoisotopic (exact) mass is 606 g/mol. The molecule has 4 aromatic rings. The lowest BCUT2D eigenvalue weighted by Gasteiger charge is -2.28. The molecule has 2 aliphatic rings. The number of allylic oxidation sites excluding steroid dienone is 5. The Morgan fingerprint density at radius 3 is 1.96 bits per heavy atom. The van der Waals surface area contributed by atoms with Gasteiger partial charge in [-0.05, 0) is 84.2 Å². The van der Waals surface area contributed by atoms with Crippen LogP contribution >= 0.6 is 0 Å². The van der Waals surface area contributed by atoms with Crippen LogP contribution in [0.1, 0.15) is 18.4 Å². The minimum atomic E-state index is -0.362. The topological polar surface area (TPSA) is 65.5 Å². The first-order chi connectivity index (χ1) is 22.5. The van der Waals surface area contributed by atoms with E-state index in [4.69, 9.17) is 4.74 Å². The predicted octanol–water partition coefficient (Wildman–Crippen LogP) is 8.04. The zero-order valence-corrected chi connectivity index (χ0v) is 25.8. The summed E-state index contributed by atoms with van der Waals surface area (Å²) in [5.74, 6) is -0.389. The Hall–Kier alpha value is -5.95. The molecule has 0 unspecified atom stereocenters. The van der Waals surface area contributed by atoms with Crippen molar-refractivity contribution in [3.8, 4) is 0 Å². The van der Waals surface area contributed by atoms with Gasteiger partial charge in [-0.25, -0.2) is 0 Å². The molecule has 0 radical (unpaired) electrons. The molecule has 0 aromatic heterocycles. The number of hydrogen-bond acceptors (Lipinski definition) is 6. The van der Waals surface area contributed by atoms with Crippen LogP contribution in [0.3, 0.4) is 0 Å². The van der Waals surface area contributed by atoms with E-state index >= 15 is 0 Å². The second kappa shape index (κ2) is 13.8. The molecule has 1 aliphatic heterocycles. The van der Waals surface area contributed by atoms with Crippen LogP contribution in [0.25, 0.3) is 6.08 Å². The molecule has 7 heteroatoms. The minimum Gasteiger partial charge on any atom is -0.407 e. The molecule has 0 saturated heterocycles. The lowest BCUT2D eigenvalue weighted by atomic mass is 10.1. The fraction of sp³-hybridized carbons (Fsp3) is 0.103. The van der Waals surface area contributed by atoms with Crippen LogP contribution in [0.15, 0.2) is 161 Å². The highest BCUT2D eigenvalue weighted by Crippen LogP contribution is 2.42. The Kier molecular flexibility index (Phi) is 9.02. The van der Waals surface area contributed by atoms with Gasteiger partial charge in [-0.3, -0.25) is 9.59 Å². The van der Waals surface area contributed by atoms with E-state index < -0.39 is 0 Å². The van der Waals surface area contributed by atoms with Gasteiger partial charge in [0.25, 0.3) is 18.3 Å². The molecule has 0 bridgehead atoms. The lowest BCUT2D eigenvalue weighted by Crippen LogP contribution is -2.22. The van der Waals surface area contributed by atoms with Crippen molar-refractivity contribution in [3.05, 3.63) is 161 Å². The number of ether oxygens (including phenoxy) is 1. The molecule has 0 saturated carbocycles. The second-order valence-electron chi connectivity index (χ2n) is 11.0. The van der Waals surface area contributed by atoms with Gasteiger partial charge in [-0.1, -0.05) is 85.0 Å². The maximum Gasteiger partial charge on any atom is 0.299 e. The van der Waals surface area contributed by atoms with E-state index in [1.165, 1.54) is 5.01 Å². The maximum atomic E-state index is 13.8. The second-order valence-corrected chi connectivity index (χ2v) is 11.0. The zero-order valence-electron chi connectivity index (χ0n) is 25.8. The van der Waals surface area contributed by atoms with Crippen LogP contribution in [0.5, 0.6) is 0 Å². The van der Waals surface area contributed by atoms with Gasteiger partial charge in [0.2, 0.25) is 0 Å². The summed E-state index contributed by atoms with van der Waals surface area (Å²) in [6.07, 6.45) is 9.57. The van der Waals surface area contributed by atoms with Crippen molar-refractivity contribution < 1.29 is 14.3 Å². The number of nitrogens with zero attached hydrogens (tertiary/aromatic N) is 4. The van der Waals surface area contributed by atoms with Crippen LogP contribution in [0.4, 0.5) is 22.7 Å². The standard InChI is InChI=1S/C39H34N4O3/c1-41(2)32-25-21-29(22-26-32)13-12-14-30-23-24-31(37(30)42(33-15-6-3-7-16-33)34-17-8-4-9-18-34)27-36-38(46-28-44)40-43(39(36)45)35-19-10-5-11-20-35/h3-22,25-28H,23-24H2,1-2H3. The van der Waals surface area contributed by atoms with Gasteiger partial charge >= 0.3 is 0 Å². The summed E-state index contributed by atoms with van der Waals surface area (Å²) in [7, 11) is 4.05. The highest BCUT2D eigenvalue weighted by Gasteiger charge is 2.35. The molecule has 6 rings (SSSR count). The predicted molar refractivity (Wildman–Crippen MR) is 186 cm³/mol. The summed E-state index contributed by atoms with van der Waals surface area (Å²) in [5.41, 5.74) is 8.03. The quantitative estimate of drug-likeness (QED) is 0.143. The molecule has 0 fully saturated rings. The van der Waals surface area contributed by atoms with Crippen molar-refractivity contribution in [1.82, 2.24) is 0 Å². The fourth-order valence-corrected chi connectivity index (χ4v) is 5.59. The van der Waals surface area contributed by atoms with Crippen LogP contribution in [-0.2, 0) is 14.3 Å². The summed E-state index contributed by atoms with van der Waals surface area (Å²) in [6.45, 7) is 0.305. The molecular weight excluding hydrogens is 572 g/mol. The van der Waals surface area contributed by atoms with E-state index in [1.807, 2.05) is 74.8 Å². The van der Waals surface area contributed by atoms with E-state index in [2.05, 4.69) is 81.7 Å². The van der Waals surface area contributed by atoms with Crippen molar-refractivity contribution in [2.75, 3.05) is 28.9 Å². The Bertz CT molecular complexity index is 1820. The van der Waals surface area contributed by atoms with E-state index in [1.54, 1.807) is 12.1 Å². The van der Waals surface area contributed by atoms with Crippen LogP contribution < -0.4 is 14.8 Å². The molecule has 0 N–H and O–H groups in total. The third-order valence-electron chi connectivity index (χ3n) is 7.84. The maximum absolute atomic E-state index is 13.8. The summed E-state index contributed by atoms with van der Waals surface area (Å²) in [4.78, 5) is 29.5. The van der Waals surface area contributed by atoms with Crippen LogP contribution in [-0.4, -0.2) is 32.4 Å². The molecule has 228 valence electrons. The largest absolute Gasteiger partial charge is 0.407 e. The highest BCUT2D eigenvalue weighted by molar-refractivity contribution is 6.29. The highest BCUT2D eigenvalue weighted by atomic mass is 16.5. The van der Waals surface area contributed by atoms with Crippen molar-refractivity contribution in [2.45, 2.75) is 12.8 Å². The van der Waals surface area contributed by atoms with Gasteiger partial charge in [-0.15, -0.1) is 5.10 Å². The molecule has 1 aliphatic carbocycles. The minimum absolute atomic E-state index is 0.0276. The van der Waals surface area contributed by atoms with Gasteiger partial charge in [0.15, 0.2) is 0 Å². The first-order valence-corrected chi connectivity index (χ1v) is 15.1. The average molecular weight is 607 g/mol. The Morgan fingerprint density at radius 2 is 1.37 bits per heavy atom. The SMILES string of the molecule is CN(C)c1ccc(C=CC=C2CCC(C=C3C(=O)N(c4ccccc4)N=C3OC=O)=C2N(c2ccccc2)c2ccccc2)cc1. The van der Waals surface area contributed by atoms with Gasteiger partial charge in [-0.2, -0.15) is 5.01 Å². The number of anilines is 4. The summed E-state index contributed by atoms with van der Waals surface area (Å²) in [6, 6.07) is 37.8. The number of hydrogen-bond donors (Lipinski definition) is 0. The smallest absolute Gasteiger partial charge is 0.299 e. The van der Waals surface area contributed by atoms with Crippen LogP contribution in [0, 0.1) is 0 Å². The normalized spacial score (nSPS) is 16.4. The number of hydrazone groups is 1. The van der Waals surface area contributed by atoms with Crippen molar-refractivity contribution >= 4 is 47.1 Å². The number of benzene rings is 4. The Labute approximate surface area is 269 Å². The van der Waals surface area contributed by atoms with Gasteiger partial charge in [0.05, 0.1) is 11.4 Å². The van der Waals surface area contributed by atoms with Crippen molar-refractivity contribution in [3.63, 3.8) is 0 Å². The summed E-state index contributed by atoms with van der Waals surface area (Å²) >= 11 is 0. The molecule has 0 spiro atoms. The molecular formula is C39H34N4O3. The number of para-hydroxylation sites is 3. The molecule has 1 amide bonds. The molecule has 7 nitrogen and oxygen atoms in total. The van der Waals surface area contributed by atoms with Crippen molar-refractivity contribution in [1.29, 1.82) is 0 Å². The summed E-state index contributed by atoms with van der Waals surface area (Å²) < 4.78 is 5.25. The van der Waals surface area contributed by atoms with E-state index in [-0.39, 0.29) is 17.4 Å². The van der Waals surface area contributed by atoms with E-state index in [9.17, 15) is 9.59 Å². The summed E-state index contributed by atoms with van der Waals surface area (Å²) in [5, 5.41) is 5.64. The molecule has 0 atom stereocenters. The zero-order chi connectivity index (χ0) is 31.9. The Balaban J connectivity index is 1.47. The van der Waals surface area contributed by atoms with E-state index in [0.29, 0.717) is 18.6 Å². The average Bonchev–Trinajstić information content (AvgIpc) is 3.62. The number of rotatable bonds is 9. The van der Waals surface area contributed by atoms with Gasteiger partial charge in [0, 0.05) is 31.2 Å². The fourth-order valence-electron chi connectivity index (χ4n) is 5.59. The van der Waals surface area contributed by atoms with Crippen LogP contribution in [0.2, 0.25) is 0 Å². The lowest BCUT2D eigenvalue weighted by molar-refractivity contribution is -0.121. The van der Waals surface area contributed by atoms with Gasteiger partial charge in [0.1, 0.15) is 5.57 Å². The molecule has 1 heterocycles. The molecule has 4 aromatic carbocycles. The first kappa shape index (κ1) is 30.1. The van der Waals surface area contributed by atoms with Gasteiger partial charge < -0.3 is 14.5 Å². The number of carbonyl (C=O) groups is 2. The Morgan fingerprint density at radius 1 is 0.761 bits per heavy atom. The molecule has 46 heavy (non-hydrogen) atoms. The third-order valence-corrected chi connectivity index (χ3v) is 7.84. The van der Waals surface area contributed by atoms with Crippen molar-refractivity contribution in [2.24, 2.45) is 5.10 Å². The number of amides is 1. The first-order valence-electron chi connectivity index (χ1n) is 15.1. The third kappa shape index (κ3) is 6.44. The van der Waals surface area contributed by atoms with E-state index in [0.717, 1.165) is 45.9 Å².